The highest BCUT2D eigenvalue weighted by molar-refractivity contribution is 6.12. The summed E-state index contributed by atoms with van der Waals surface area (Å²) in [4.78, 5) is 36.3. The van der Waals surface area contributed by atoms with Gasteiger partial charge in [0.2, 0.25) is 0 Å². The van der Waals surface area contributed by atoms with E-state index < -0.39 is 0 Å². The Morgan fingerprint density at radius 3 is 1.27 bits per heavy atom. The number of fused-ring (bicyclic) bond motifs is 20. The first-order valence-electron chi connectivity index (χ1n) is 13.8. The SMILES string of the molecule is Nc1cccc2c1-c1nc-2nc2[nH]c(nc3nc(nc4[nH]c(n1)c1cccc(N)c41)-c1c(N)cccc1-3)c1c(N)cccc21. The Bertz CT molecular complexity index is 2560. The Kier molecular flexibility index (Phi) is 4.64. The lowest BCUT2D eigenvalue weighted by atomic mass is 10.1. The maximum atomic E-state index is 6.50. The third kappa shape index (κ3) is 3.27. The van der Waals surface area contributed by atoms with Crippen LogP contribution >= 0.6 is 0 Å². The third-order valence-electron chi connectivity index (χ3n) is 8.07. The Morgan fingerprint density at radius 1 is 0.386 bits per heavy atom. The molecule has 0 unspecified atom stereocenters. The molecule has 3 aromatic heterocycles. The summed E-state index contributed by atoms with van der Waals surface area (Å²) >= 11 is 0. The molecule has 0 spiro atoms. The Hall–Kier alpha value is -6.56. The van der Waals surface area contributed by atoms with E-state index >= 15 is 0 Å². The lowest BCUT2D eigenvalue weighted by molar-refractivity contribution is 1.19. The Labute approximate surface area is 247 Å². The summed E-state index contributed by atoms with van der Waals surface area (Å²) in [5.41, 5.74) is 33.0. The fraction of sp³-hybridized carbons (Fsp3) is 0. The van der Waals surface area contributed by atoms with Gasteiger partial charge in [0.05, 0.1) is 21.9 Å². The van der Waals surface area contributed by atoms with Gasteiger partial charge in [0.1, 0.15) is 22.6 Å². The number of nitrogens with zero attached hydrogens (tertiary/aromatic N) is 6. The largest absolute Gasteiger partial charge is 0.398 e. The molecule has 7 aromatic rings. The minimum Gasteiger partial charge on any atom is -0.398 e. The van der Waals surface area contributed by atoms with Gasteiger partial charge in [0.25, 0.3) is 0 Å². The maximum absolute atomic E-state index is 6.50. The number of H-pyrrole nitrogens is 2. The van der Waals surface area contributed by atoms with E-state index in [-0.39, 0.29) is 0 Å². The van der Waals surface area contributed by atoms with Crippen molar-refractivity contribution < 1.29 is 0 Å². The van der Waals surface area contributed by atoms with Crippen molar-refractivity contribution in [2.45, 2.75) is 0 Å². The first-order valence-corrected chi connectivity index (χ1v) is 13.8. The third-order valence-corrected chi connectivity index (χ3v) is 8.07. The van der Waals surface area contributed by atoms with E-state index in [9.17, 15) is 0 Å². The molecular weight excluding hydrogens is 552 g/mol. The van der Waals surface area contributed by atoms with Crippen LogP contribution in [0.2, 0.25) is 0 Å². The number of anilines is 4. The van der Waals surface area contributed by atoms with E-state index in [1.165, 1.54) is 0 Å². The minimum absolute atomic E-state index is 0.388. The summed E-state index contributed by atoms with van der Waals surface area (Å²) in [5.74, 6) is 1.67. The number of aromatic amines is 2. The van der Waals surface area contributed by atoms with Crippen LogP contribution in [0.3, 0.4) is 0 Å². The number of hydrogen-bond acceptors (Lipinski definition) is 10. The molecule has 0 saturated heterocycles. The molecule has 12 nitrogen and oxygen atoms in total. The second kappa shape index (κ2) is 8.49. The number of rotatable bonds is 0. The van der Waals surface area contributed by atoms with Crippen LogP contribution in [-0.2, 0) is 0 Å². The van der Waals surface area contributed by atoms with Crippen LogP contribution in [0.5, 0.6) is 0 Å². The molecule has 0 atom stereocenters. The Balaban J connectivity index is 1.54. The predicted molar refractivity (Wildman–Crippen MR) is 174 cm³/mol. The minimum atomic E-state index is 0.388. The Morgan fingerprint density at radius 2 is 0.773 bits per heavy atom. The molecule has 10 N–H and O–H groups in total. The molecule has 44 heavy (non-hydrogen) atoms. The van der Waals surface area contributed by atoms with E-state index in [1.807, 2.05) is 72.8 Å². The molecule has 9 rings (SSSR count). The van der Waals surface area contributed by atoms with Gasteiger partial charge < -0.3 is 32.9 Å². The van der Waals surface area contributed by atoms with Crippen molar-refractivity contribution in [3.8, 4) is 45.6 Å². The highest BCUT2D eigenvalue weighted by Crippen LogP contribution is 2.41. The molecule has 12 heteroatoms. The van der Waals surface area contributed by atoms with Crippen LogP contribution in [-0.4, -0.2) is 39.9 Å². The van der Waals surface area contributed by atoms with E-state index in [0.29, 0.717) is 90.5 Å². The van der Waals surface area contributed by atoms with Crippen molar-refractivity contribution in [2.24, 2.45) is 0 Å². The number of nitrogens with one attached hydrogen (secondary N) is 2. The number of nitrogens with two attached hydrogens (primary N) is 4. The van der Waals surface area contributed by atoms with Crippen LogP contribution in [0, 0.1) is 0 Å². The van der Waals surface area contributed by atoms with Crippen molar-refractivity contribution in [3.05, 3.63) is 72.8 Å². The van der Waals surface area contributed by atoms with E-state index in [2.05, 4.69) is 9.97 Å². The van der Waals surface area contributed by atoms with Crippen LogP contribution in [0.4, 0.5) is 22.7 Å². The van der Waals surface area contributed by atoms with Crippen molar-refractivity contribution in [3.63, 3.8) is 0 Å². The van der Waals surface area contributed by atoms with E-state index in [1.54, 1.807) is 0 Å². The zero-order valence-corrected chi connectivity index (χ0v) is 22.9. The average molecular weight is 575 g/mol. The van der Waals surface area contributed by atoms with Gasteiger partial charge in [-0.2, -0.15) is 0 Å². The first-order chi connectivity index (χ1) is 21.4. The molecule has 0 aliphatic carbocycles. The molecule has 0 amide bonds. The monoisotopic (exact) mass is 574 g/mol. The lowest BCUT2D eigenvalue weighted by Crippen LogP contribution is -1.91. The molecule has 2 aliphatic rings. The summed E-state index contributed by atoms with van der Waals surface area (Å²) < 4.78 is 0. The highest BCUT2D eigenvalue weighted by atomic mass is 15.1. The molecule has 0 radical (unpaired) electrons. The molecule has 210 valence electrons. The molecule has 4 aromatic carbocycles. The smallest absolute Gasteiger partial charge is 0.166 e. The summed E-state index contributed by atoms with van der Waals surface area (Å²) in [6.07, 6.45) is 0. The van der Waals surface area contributed by atoms with Gasteiger partial charge >= 0.3 is 0 Å². The van der Waals surface area contributed by atoms with Gasteiger partial charge in [-0.05, 0) is 24.3 Å². The molecule has 8 bridgehead atoms. The van der Waals surface area contributed by atoms with Crippen LogP contribution in [0.1, 0.15) is 0 Å². The van der Waals surface area contributed by atoms with Gasteiger partial charge in [0.15, 0.2) is 23.3 Å². The van der Waals surface area contributed by atoms with Gasteiger partial charge in [-0.15, -0.1) is 0 Å². The van der Waals surface area contributed by atoms with Crippen molar-refractivity contribution in [1.29, 1.82) is 0 Å². The van der Waals surface area contributed by atoms with Crippen LogP contribution in [0.15, 0.2) is 72.8 Å². The average Bonchev–Trinajstić information content (AvgIpc) is 3.74. The second-order valence-corrected chi connectivity index (χ2v) is 10.7. The van der Waals surface area contributed by atoms with Crippen LogP contribution < -0.4 is 22.9 Å². The molecule has 2 aliphatic heterocycles. The van der Waals surface area contributed by atoms with Gasteiger partial charge in [-0.3, -0.25) is 0 Å². The standard InChI is InChI=1S/C32H22N12/c33-17-9-1-5-13-21(17)29-38-25(13)37-26-14-6-2-10-18(34)22(14)30(39-26)41-28-16-8-4-12-20(36)24(16)32(43-28)44-31-23-15(27(40-29)42-31)7-3-11-19(23)35/h1-12H,33-36H2,(H2,37,38,39,40,41,42,43,44). The lowest BCUT2D eigenvalue weighted by Gasteiger charge is -2.02. The summed E-state index contributed by atoms with van der Waals surface area (Å²) in [5, 5.41) is 2.95. The van der Waals surface area contributed by atoms with Crippen molar-refractivity contribution in [1.82, 2.24) is 39.9 Å². The topological polar surface area (TPSA) is 213 Å². The molecule has 0 fully saturated rings. The van der Waals surface area contributed by atoms with Crippen molar-refractivity contribution >= 4 is 66.9 Å². The summed E-state index contributed by atoms with van der Waals surface area (Å²) in [6.45, 7) is 0. The number of benzene rings is 4. The van der Waals surface area contributed by atoms with E-state index in [4.69, 9.17) is 52.8 Å². The zero-order valence-electron chi connectivity index (χ0n) is 22.9. The molecule has 0 saturated carbocycles. The second-order valence-electron chi connectivity index (χ2n) is 10.7. The maximum Gasteiger partial charge on any atom is 0.166 e. The van der Waals surface area contributed by atoms with Gasteiger partial charge in [0, 0.05) is 44.6 Å². The normalized spacial score (nSPS) is 12.0. The summed E-state index contributed by atoms with van der Waals surface area (Å²) in [7, 11) is 0. The fourth-order valence-electron chi connectivity index (χ4n) is 6.09. The van der Waals surface area contributed by atoms with Crippen molar-refractivity contribution in [2.75, 3.05) is 22.9 Å². The molecule has 5 heterocycles. The number of hydrogen-bond donors (Lipinski definition) is 6. The van der Waals surface area contributed by atoms with E-state index in [0.717, 1.165) is 21.9 Å². The summed E-state index contributed by atoms with van der Waals surface area (Å²) in [6, 6.07) is 22.4. The van der Waals surface area contributed by atoms with Crippen LogP contribution in [0.25, 0.3) is 89.7 Å². The first kappa shape index (κ1) is 24.1. The van der Waals surface area contributed by atoms with Gasteiger partial charge in [-0.1, -0.05) is 48.5 Å². The fourth-order valence-corrected chi connectivity index (χ4v) is 6.09. The molecular formula is C32H22N12. The zero-order chi connectivity index (χ0) is 29.7. The highest BCUT2D eigenvalue weighted by Gasteiger charge is 2.25. The number of aromatic nitrogens is 8. The quantitative estimate of drug-likeness (QED) is 0.130. The predicted octanol–water partition coefficient (Wildman–Crippen LogP) is 5.20. The number of nitrogen functional groups attached to an aromatic ring is 4. The van der Waals surface area contributed by atoms with Gasteiger partial charge in [-0.25, -0.2) is 29.9 Å².